The van der Waals surface area contributed by atoms with Crippen molar-refractivity contribution in [3.05, 3.63) is 76.8 Å². The van der Waals surface area contributed by atoms with Gasteiger partial charge in [-0.1, -0.05) is 54.1 Å². The molecule has 0 aromatic heterocycles. The van der Waals surface area contributed by atoms with E-state index in [2.05, 4.69) is 10.9 Å². The van der Waals surface area contributed by atoms with E-state index in [1.165, 1.54) is 12.1 Å². The van der Waals surface area contributed by atoms with E-state index >= 15 is 0 Å². The zero-order valence-electron chi connectivity index (χ0n) is 13.1. The lowest BCUT2D eigenvalue weighted by Crippen LogP contribution is -2.43. The largest absolute Gasteiger partial charge is 0.452 e. The summed E-state index contributed by atoms with van der Waals surface area (Å²) in [6.07, 6.45) is 2.78. The Morgan fingerprint density at radius 2 is 1.64 bits per heavy atom. The molecule has 0 atom stereocenters. The highest BCUT2D eigenvalue weighted by molar-refractivity contribution is 6.33. The van der Waals surface area contributed by atoms with E-state index in [1.54, 1.807) is 24.3 Å². The molecule has 0 radical (unpaired) electrons. The zero-order chi connectivity index (χ0) is 18.1. The van der Waals surface area contributed by atoms with Gasteiger partial charge in [-0.3, -0.25) is 20.4 Å². The number of rotatable bonds is 5. The first-order chi connectivity index (χ1) is 12.1. The molecule has 0 aliphatic carbocycles. The minimum atomic E-state index is -0.679. The molecule has 2 N–H and O–H groups in total. The molecular formula is C18H15ClN2O4. The minimum Gasteiger partial charge on any atom is -0.452 e. The second kappa shape index (κ2) is 9.24. The molecule has 7 heteroatoms. The molecule has 0 spiro atoms. The summed E-state index contributed by atoms with van der Waals surface area (Å²) >= 11 is 5.87. The van der Waals surface area contributed by atoms with E-state index in [-0.39, 0.29) is 10.6 Å². The first kappa shape index (κ1) is 18.2. The second-order valence-electron chi connectivity index (χ2n) is 4.83. The quantitative estimate of drug-likeness (QED) is 0.488. The summed E-state index contributed by atoms with van der Waals surface area (Å²) in [6, 6.07) is 15.6. The maximum atomic E-state index is 11.8. The van der Waals surface area contributed by atoms with Gasteiger partial charge >= 0.3 is 5.97 Å². The number of hydrazine groups is 1. The van der Waals surface area contributed by atoms with Gasteiger partial charge in [0, 0.05) is 6.08 Å². The molecule has 2 aromatic carbocycles. The molecule has 0 aliphatic rings. The Bertz CT molecular complexity index is 791. The van der Waals surface area contributed by atoms with Crippen molar-refractivity contribution >= 4 is 35.5 Å². The molecule has 6 nitrogen and oxygen atoms in total. The van der Waals surface area contributed by atoms with Crippen LogP contribution in [0.2, 0.25) is 5.02 Å². The lowest BCUT2D eigenvalue weighted by Gasteiger charge is -2.08. The van der Waals surface area contributed by atoms with E-state index in [9.17, 15) is 14.4 Å². The van der Waals surface area contributed by atoms with Crippen molar-refractivity contribution in [2.45, 2.75) is 0 Å². The molecule has 2 aromatic rings. The maximum Gasteiger partial charge on any atom is 0.331 e. The Balaban J connectivity index is 1.73. The molecule has 0 heterocycles. The zero-order valence-corrected chi connectivity index (χ0v) is 13.8. The molecule has 0 saturated carbocycles. The molecule has 2 amide bonds. The second-order valence-corrected chi connectivity index (χ2v) is 5.24. The summed E-state index contributed by atoms with van der Waals surface area (Å²) in [6.45, 7) is -0.527. The van der Waals surface area contributed by atoms with Gasteiger partial charge in [-0.2, -0.15) is 0 Å². The van der Waals surface area contributed by atoms with Crippen LogP contribution in [-0.4, -0.2) is 24.4 Å². The molecule has 0 aliphatic heterocycles. The van der Waals surface area contributed by atoms with Gasteiger partial charge in [0.25, 0.3) is 11.8 Å². The van der Waals surface area contributed by atoms with Crippen molar-refractivity contribution < 1.29 is 19.1 Å². The number of benzene rings is 2. The third-order valence-corrected chi connectivity index (χ3v) is 3.32. The summed E-state index contributed by atoms with van der Waals surface area (Å²) in [4.78, 5) is 35.0. The number of carbonyl (C=O) groups excluding carboxylic acids is 3. The Morgan fingerprint density at radius 1 is 0.960 bits per heavy atom. The lowest BCUT2D eigenvalue weighted by atomic mass is 10.2. The lowest BCUT2D eigenvalue weighted by molar-refractivity contribution is -0.144. The van der Waals surface area contributed by atoms with Crippen LogP contribution in [0, 0.1) is 0 Å². The van der Waals surface area contributed by atoms with Crippen molar-refractivity contribution in [2.75, 3.05) is 6.61 Å². The molecule has 2 rings (SSSR count). The summed E-state index contributed by atoms with van der Waals surface area (Å²) in [5, 5.41) is 0.256. The number of carbonyl (C=O) groups is 3. The maximum absolute atomic E-state index is 11.8. The summed E-state index contributed by atoms with van der Waals surface area (Å²) in [5.74, 6) is -1.92. The van der Waals surface area contributed by atoms with Crippen molar-refractivity contribution in [3.8, 4) is 0 Å². The van der Waals surface area contributed by atoms with Gasteiger partial charge < -0.3 is 4.74 Å². The normalized spacial score (nSPS) is 10.3. The van der Waals surface area contributed by atoms with Crippen LogP contribution < -0.4 is 10.9 Å². The van der Waals surface area contributed by atoms with E-state index in [4.69, 9.17) is 16.3 Å². The average Bonchev–Trinajstić information content (AvgIpc) is 2.64. The Kier molecular flexibility index (Phi) is 6.74. The molecule has 128 valence electrons. The number of hydrogen-bond acceptors (Lipinski definition) is 4. The van der Waals surface area contributed by atoms with Crippen LogP contribution in [0.4, 0.5) is 0 Å². The van der Waals surface area contributed by atoms with Crippen molar-refractivity contribution in [1.29, 1.82) is 0 Å². The fourth-order valence-corrected chi connectivity index (χ4v) is 2.01. The Morgan fingerprint density at radius 3 is 2.36 bits per heavy atom. The van der Waals surface area contributed by atoms with E-state index in [0.29, 0.717) is 0 Å². The molecule has 0 saturated heterocycles. The highest BCUT2D eigenvalue weighted by Crippen LogP contribution is 2.13. The molecule has 0 unspecified atom stereocenters. The van der Waals surface area contributed by atoms with Crippen molar-refractivity contribution in [3.63, 3.8) is 0 Å². The number of hydrogen-bond donors (Lipinski definition) is 2. The highest BCUT2D eigenvalue weighted by Gasteiger charge is 2.11. The fraction of sp³-hybridized carbons (Fsp3) is 0.0556. The van der Waals surface area contributed by atoms with Gasteiger partial charge in [0.2, 0.25) is 0 Å². The average molecular weight is 359 g/mol. The number of amides is 2. The predicted molar refractivity (Wildman–Crippen MR) is 93.5 cm³/mol. The molecule has 0 bridgehead atoms. The highest BCUT2D eigenvalue weighted by atomic mass is 35.5. The third kappa shape index (κ3) is 6.12. The third-order valence-electron chi connectivity index (χ3n) is 2.99. The fourth-order valence-electron chi connectivity index (χ4n) is 1.79. The number of nitrogens with one attached hydrogen (secondary N) is 2. The first-order valence-electron chi connectivity index (χ1n) is 7.30. The van der Waals surface area contributed by atoms with Crippen LogP contribution in [0.25, 0.3) is 6.08 Å². The van der Waals surface area contributed by atoms with Crippen LogP contribution in [0.3, 0.4) is 0 Å². The van der Waals surface area contributed by atoms with E-state index < -0.39 is 24.4 Å². The van der Waals surface area contributed by atoms with Crippen LogP contribution in [0.15, 0.2) is 60.7 Å². The van der Waals surface area contributed by atoms with Crippen LogP contribution in [0.5, 0.6) is 0 Å². The van der Waals surface area contributed by atoms with Crippen LogP contribution >= 0.6 is 11.6 Å². The topological polar surface area (TPSA) is 84.5 Å². The van der Waals surface area contributed by atoms with Crippen LogP contribution in [-0.2, 0) is 14.3 Å². The van der Waals surface area contributed by atoms with E-state index in [1.807, 2.05) is 30.3 Å². The number of esters is 1. The first-order valence-corrected chi connectivity index (χ1v) is 7.67. The number of ether oxygens (including phenoxy) is 1. The molecule has 0 fully saturated rings. The monoisotopic (exact) mass is 358 g/mol. The smallest absolute Gasteiger partial charge is 0.331 e. The Hall–Kier alpha value is -3.12. The SMILES string of the molecule is O=C(COC(=O)/C=C/c1ccccc1)NNC(=O)c1ccccc1Cl. The van der Waals surface area contributed by atoms with Gasteiger partial charge in [0.05, 0.1) is 10.6 Å². The summed E-state index contributed by atoms with van der Waals surface area (Å²) in [5.41, 5.74) is 5.37. The molecule has 25 heavy (non-hydrogen) atoms. The standard InChI is InChI=1S/C18H15ClN2O4/c19-15-9-5-4-8-14(15)18(24)21-20-16(22)12-25-17(23)11-10-13-6-2-1-3-7-13/h1-11H,12H2,(H,20,22)(H,21,24)/b11-10+. The van der Waals surface area contributed by atoms with Crippen molar-refractivity contribution in [1.82, 2.24) is 10.9 Å². The van der Waals surface area contributed by atoms with Gasteiger partial charge in [0.1, 0.15) is 0 Å². The van der Waals surface area contributed by atoms with Crippen LogP contribution in [0.1, 0.15) is 15.9 Å². The predicted octanol–water partition coefficient (Wildman–Crippen LogP) is 2.36. The minimum absolute atomic E-state index is 0.215. The van der Waals surface area contributed by atoms with Gasteiger partial charge in [-0.05, 0) is 23.8 Å². The van der Waals surface area contributed by atoms with Gasteiger partial charge in [0.15, 0.2) is 6.61 Å². The van der Waals surface area contributed by atoms with Crippen molar-refractivity contribution in [2.24, 2.45) is 0 Å². The summed E-state index contributed by atoms with van der Waals surface area (Å²) < 4.78 is 4.77. The summed E-state index contributed by atoms with van der Waals surface area (Å²) in [7, 11) is 0. The molecular weight excluding hydrogens is 344 g/mol. The Labute approximate surface area is 149 Å². The van der Waals surface area contributed by atoms with Gasteiger partial charge in [-0.15, -0.1) is 0 Å². The van der Waals surface area contributed by atoms with Gasteiger partial charge in [-0.25, -0.2) is 4.79 Å². The number of halogens is 1. The van der Waals surface area contributed by atoms with E-state index in [0.717, 1.165) is 5.56 Å².